The van der Waals surface area contributed by atoms with Gasteiger partial charge in [-0.1, -0.05) is 70.9 Å². The molecule has 0 aromatic heterocycles. The van der Waals surface area contributed by atoms with E-state index in [0.29, 0.717) is 17.8 Å². The number of nitrogens with one attached hydrogen (secondary N) is 3. The average Bonchev–Trinajstić information content (AvgIpc) is 3.23. The second-order valence-corrected chi connectivity index (χ2v) is 10.0. The fraction of sp³-hybridized carbons (Fsp3) is 0.480. The van der Waals surface area contributed by atoms with Crippen molar-refractivity contribution >= 4 is 40.0 Å². The normalized spacial score (nSPS) is 15.4. The van der Waals surface area contributed by atoms with Crippen molar-refractivity contribution in [2.75, 3.05) is 10.6 Å². The van der Waals surface area contributed by atoms with Crippen molar-refractivity contribution in [2.45, 2.75) is 71.4 Å². The lowest BCUT2D eigenvalue weighted by molar-refractivity contribution is 0.245. The molecule has 1 aliphatic rings. The summed E-state index contributed by atoms with van der Waals surface area (Å²) in [5, 5.41) is 10.1. The fourth-order valence-electron chi connectivity index (χ4n) is 4.29. The molecular formula is C25H34IN3O. The highest BCUT2D eigenvalue weighted by Crippen LogP contribution is 2.33. The Hall–Kier alpha value is -1.76. The largest absolute Gasteiger partial charge is 0.364 e. The highest BCUT2D eigenvalue weighted by molar-refractivity contribution is 14.1. The molecule has 0 spiro atoms. The van der Waals surface area contributed by atoms with Gasteiger partial charge in [-0.2, -0.15) is 0 Å². The maximum absolute atomic E-state index is 13.1. The van der Waals surface area contributed by atoms with Crippen molar-refractivity contribution in [3.05, 3.63) is 57.2 Å². The van der Waals surface area contributed by atoms with Gasteiger partial charge in [-0.3, -0.25) is 0 Å². The zero-order valence-electron chi connectivity index (χ0n) is 18.5. The third-order valence-corrected chi connectivity index (χ3v) is 6.89. The Morgan fingerprint density at radius 3 is 2.10 bits per heavy atom. The minimum Gasteiger partial charge on any atom is -0.364 e. The number of hydrogen-bond acceptors (Lipinski definition) is 2. The Labute approximate surface area is 194 Å². The number of carbonyl (C=O) groups is 1. The molecule has 1 atom stereocenters. The van der Waals surface area contributed by atoms with Crippen LogP contribution in [-0.2, 0) is 0 Å². The van der Waals surface area contributed by atoms with Crippen LogP contribution in [0, 0.1) is 9.49 Å². The summed E-state index contributed by atoms with van der Waals surface area (Å²) in [7, 11) is 0. The van der Waals surface area contributed by atoms with E-state index < -0.39 is 0 Å². The van der Waals surface area contributed by atoms with E-state index in [2.05, 4.69) is 96.6 Å². The number of anilines is 2. The first-order chi connectivity index (χ1) is 14.4. The monoisotopic (exact) mass is 519 g/mol. The molecule has 2 aromatic rings. The van der Waals surface area contributed by atoms with Crippen molar-refractivity contribution < 1.29 is 4.79 Å². The van der Waals surface area contributed by atoms with Gasteiger partial charge in [0.25, 0.3) is 0 Å². The quantitative estimate of drug-likeness (QED) is 0.266. The van der Waals surface area contributed by atoms with Crippen LogP contribution >= 0.6 is 22.6 Å². The van der Waals surface area contributed by atoms with E-state index in [4.69, 9.17) is 0 Å². The Morgan fingerprint density at radius 2 is 1.53 bits per heavy atom. The zero-order chi connectivity index (χ0) is 21.7. The van der Waals surface area contributed by atoms with Crippen molar-refractivity contribution in [2.24, 2.45) is 5.92 Å². The lowest BCUT2D eigenvalue weighted by atomic mass is 9.93. The third-order valence-electron chi connectivity index (χ3n) is 5.95. The molecule has 5 heteroatoms. The Bertz CT molecular complexity index is 833. The predicted molar refractivity (Wildman–Crippen MR) is 135 cm³/mol. The molecule has 2 aromatic carbocycles. The molecule has 162 valence electrons. The van der Waals surface area contributed by atoms with Crippen molar-refractivity contribution in [1.82, 2.24) is 5.32 Å². The maximum Gasteiger partial charge on any atom is 0.320 e. The number of rotatable bonds is 7. The van der Waals surface area contributed by atoms with E-state index in [0.717, 1.165) is 27.8 Å². The number of amides is 2. The predicted octanol–water partition coefficient (Wildman–Crippen LogP) is 7.29. The second kappa shape index (κ2) is 10.5. The molecule has 3 rings (SSSR count). The molecule has 1 unspecified atom stereocenters. The lowest BCUT2D eigenvalue weighted by Crippen LogP contribution is -2.47. The van der Waals surface area contributed by atoms with Crippen LogP contribution in [-0.4, -0.2) is 12.2 Å². The molecule has 30 heavy (non-hydrogen) atoms. The summed E-state index contributed by atoms with van der Waals surface area (Å²) >= 11 is 2.34. The number of urea groups is 1. The fourth-order valence-corrected chi connectivity index (χ4v) is 4.84. The van der Waals surface area contributed by atoms with Gasteiger partial charge in [-0.05, 0) is 76.4 Å². The van der Waals surface area contributed by atoms with E-state index in [1.165, 1.54) is 24.0 Å². The van der Waals surface area contributed by atoms with Crippen molar-refractivity contribution in [1.29, 1.82) is 0 Å². The van der Waals surface area contributed by atoms with Crippen LogP contribution in [0.15, 0.2) is 42.5 Å². The standard InChI is InChI=1S/C25H34IN3O/c1-16(2)19-12-9-13-20(17(3)4)23(19)28-25(30)29-24(18-10-5-6-11-18)27-22-15-8-7-14-21(22)26/h7-9,12-18,24,27H,5-6,10-11H2,1-4H3,(H2,28,29,30). The number of halogens is 1. The first-order valence-corrected chi connectivity index (χ1v) is 12.2. The van der Waals surface area contributed by atoms with Crippen LogP contribution in [0.1, 0.15) is 76.3 Å². The van der Waals surface area contributed by atoms with E-state index in [1.54, 1.807) is 0 Å². The summed E-state index contributed by atoms with van der Waals surface area (Å²) in [6, 6.07) is 14.4. The lowest BCUT2D eigenvalue weighted by Gasteiger charge is -2.28. The first-order valence-electron chi connectivity index (χ1n) is 11.1. The van der Waals surface area contributed by atoms with Crippen LogP contribution in [0.5, 0.6) is 0 Å². The minimum absolute atomic E-state index is 0.0860. The summed E-state index contributed by atoms with van der Waals surface area (Å²) in [6.07, 6.45) is 4.65. The van der Waals surface area contributed by atoms with E-state index in [9.17, 15) is 4.79 Å². The van der Waals surface area contributed by atoms with Gasteiger partial charge in [-0.25, -0.2) is 4.79 Å². The highest BCUT2D eigenvalue weighted by Gasteiger charge is 2.27. The number of para-hydroxylation sites is 2. The van der Waals surface area contributed by atoms with Crippen LogP contribution in [0.25, 0.3) is 0 Å². The van der Waals surface area contributed by atoms with E-state index in [1.807, 2.05) is 12.1 Å². The second-order valence-electron chi connectivity index (χ2n) is 8.87. The molecule has 0 radical (unpaired) electrons. The van der Waals surface area contributed by atoms with E-state index >= 15 is 0 Å². The molecule has 1 saturated carbocycles. The molecule has 1 aliphatic carbocycles. The number of hydrogen-bond donors (Lipinski definition) is 3. The zero-order valence-corrected chi connectivity index (χ0v) is 20.6. The minimum atomic E-state index is -0.139. The topological polar surface area (TPSA) is 53.2 Å². The molecule has 0 aliphatic heterocycles. The Balaban J connectivity index is 1.80. The summed E-state index contributed by atoms with van der Waals surface area (Å²) in [6.45, 7) is 8.68. The Kier molecular flexibility index (Phi) is 8.03. The molecular weight excluding hydrogens is 485 g/mol. The molecule has 4 nitrogen and oxygen atoms in total. The molecule has 0 bridgehead atoms. The van der Waals surface area contributed by atoms with Gasteiger partial charge in [0.1, 0.15) is 6.17 Å². The molecule has 2 amide bonds. The summed E-state index contributed by atoms with van der Waals surface area (Å²) in [5.41, 5.74) is 4.39. The van der Waals surface area contributed by atoms with E-state index in [-0.39, 0.29) is 12.2 Å². The SMILES string of the molecule is CC(C)c1cccc(C(C)C)c1NC(=O)NC(Nc1ccccc1I)C1CCCC1. The van der Waals surface area contributed by atoms with Crippen LogP contribution < -0.4 is 16.0 Å². The number of carbonyl (C=O) groups excluding carboxylic acids is 1. The maximum atomic E-state index is 13.1. The molecule has 1 fully saturated rings. The van der Waals surface area contributed by atoms with Crippen LogP contribution in [0.4, 0.5) is 16.2 Å². The first kappa shape index (κ1) is 22.9. The van der Waals surface area contributed by atoms with Crippen molar-refractivity contribution in [3.8, 4) is 0 Å². The van der Waals surface area contributed by atoms with Gasteiger partial charge >= 0.3 is 6.03 Å². The molecule has 0 saturated heterocycles. The molecule has 3 N–H and O–H groups in total. The third kappa shape index (κ3) is 5.68. The van der Waals surface area contributed by atoms with Gasteiger partial charge in [0, 0.05) is 14.9 Å². The highest BCUT2D eigenvalue weighted by atomic mass is 127. The van der Waals surface area contributed by atoms with Crippen LogP contribution in [0.2, 0.25) is 0 Å². The molecule has 0 heterocycles. The van der Waals surface area contributed by atoms with Gasteiger partial charge in [0.15, 0.2) is 0 Å². The number of benzene rings is 2. The summed E-state index contributed by atoms with van der Waals surface area (Å²) in [4.78, 5) is 13.1. The Morgan fingerprint density at radius 1 is 0.933 bits per heavy atom. The summed E-state index contributed by atoms with van der Waals surface area (Å²) in [5.74, 6) is 1.12. The smallest absolute Gasteiger partial charge is 0.320 e. The average molecular weight is 519 g/mol. The van der Waals surface area contributed by atoms with Gasteiger partial charge < -0.3 is 16.0 Å². The van der Waals surface area contributed by atoms with Crippen molar-refractivity contribution in [3.63, 3.8) is 0 Å². The van der Waals surface area contributed by atoms with Gasteiger partial charge in [-0.15, -0.1) is 0 Å². The summed E-state index contributed by atoms with van der Waals surface area (Å²) < 4.78 is 1.16. The van der Waals surface area contributed by atoms with Gasteiger partial charge in [0.05, 0.1) is 0 Å². The van der Waals surface area contributed by atoms with Gasteiger partial charge in [0.2, 0.25) is 0 Å². The van der Waals surface area contributed by atoms with Crippen LogP contribution in [0.3, 0.4) is 0 Å².